The van der Waals surface area contributed by atoms with Crippen LogP contribution in [0.1, 0.15) is 12.5 Å². The summed E-state index contributed by atoms with van der Waals surface area (Å²) in [5.74, 6) is 0.548. The second kappa shape index (κ2) is 7.38. The van der Waals surface area contributed by atoms with Gasteiger partial charge in [0.05, 0.1) is 18.8 Å². The zero-order valence-electron chi connectivity index (χ0n) is 16.4. The molecule has 3 aromatic rings. The van der Waals surface area contributed by atoms with Crippen molar-refractivity contribution >= 4 is 28.9 Å². The molecule has 2 aromatic heterocycles. The average Bonchev–Trinajstić information content (AvgIpc) is 3.10. The van der Waals surface area contributed by atoms with E-state index in [1.807, 2.05) is 54.0 Å². The van der Waals surface area contributed by atoms with Gasteiger partial charge >= 0.3 is 5.69 Å². The summed E-state index contributed by atoms with van der Waals surface area (Å²) >= 11 is 0. The van der Waals surface area contributed by atoms with Gasteiger partial charge in [-0.25, -0.2) is 9.80 Å². The van der Waals surface area contributed by atoms with E-state index in [9.17, 15) is 9.59 Å². The van der Waals surface area contributed by atoms with Crippen molar-refractivity contribution in [1.29, 1.82) is 0 Å². The molecule has 0 spiro atoms. The molecule has 0 atom stereocenters. The number of hydrogen-bond acceptors (Lipinski definition) is 5. The first-order valence-corrected chi connectivity index (χ1v) is 9.35. The van der Waals surface area contributed by atoms with Crippen LogP contribution in [-0.2, 0) is 20.1 Å². The summed E-state index contributed by atoms with van der Waals surface area (Å²) in [6.45, 7) is 6.64. The molecule has 0 bridgehead atoms. The maximum Gasteiger partial charge on any atom is 0.332 e. The molecule has 0 saturated heterocycles. The molecule has 1 aliphatic rings. The Hall–Kier alpha value is -3.68. The molecule has 4 rings (SSSR count). The van der Waals surface area contributed by atoms with Crippen molar-refractivity contribution in [1.82, 2.24) is 18.7 Å². The SMILES string of the molecule is C=CCn1c(=O)c2c(nc3n2CC(C)=NN3CC=Cc2ccccc2)n(C)c1=O. The highest BCUT2D eigenvalue weighted by Crippen LogP contribution is 2.23. The Bertz CT molecular complexity index is 1260. The van der Waals surface area contributed by atoms with E-state index in [-0.39, 0.29) is 12.1 Å². The number of aryl methyl sites for hydroxylation is 1. The van der Waals surface area contributed by atoms with E-state index in [1.54, 1.807) is 12.1 Å². The third-order valence-corrected chi connectivity index (χ3v) is 4.82. The Morgan fingerprint density at radius 1 is 1.17 bits per heavy atom. The predicted octanol–water partition coefficient (Wildman–Crippen LogP) is 1.99. The minimum Gasteiger partial charge on any atom is -0.297 e. The van der Waals surface area contributed by atoms with Crippen LogP contribution in [0.2, 0.25) is 0 Å². The summed E-state index contributed by atoms with van der Waals surface area (Å²) in [5, 5.41) is 6.34. The van der Waals surface area contributed by atoms with Crippen molar-refractivity contribution in [3.63, 3.8) is 0 Å². The molecule has 0 aliphatic carbocycles. The van der Waals surface area contributed by atoms with Crippen LogP contribution in [0.3, 0.4) is 0 Å². The van der Waals surface area contributed by atoms with Gasteiger partial charge in [0.15, 0.2) is 11.2 Å². The zero-order valence-corrected chi connectivity index (χ0v) is 16.4. The van der Waals surface area contributed by atoms with Crippen LogP contribution in [0, 0.1) is 0 Å². The lowest BCUT2D eigenvalue weighted by Crippen LogP contribution is -2.39. The molecule has 0 N–H and O–H groups in total. The lowest BCUT2D eigenvalue weighted by Gasteiger charge is -2.23. The van der Waals surface area contributed by atoms with Crippen LogP contribution in [0.15, 0.2) is 63.8 Å². The first-order chi connectivity index (χ1) is 14.0. The molecule has 1 aromatic carbocycles. The lowest BCUT2D eigenvalue weighted by molar-refractivity contribution is 0.664. The van der Waals surface area contributed by atoms with Gasteiger partial charge < -0.3 is 0 Å². The highest BCUT2D eigenvalue weighted by Gasteiger charge is 2.25. The van der Waals surface area contributed by atoms with Crippen molar-refractivity contribution in [2.24, 2.45) is 12.1 Å². The van der Waals surface area contributed by atoms with Gasteiger partial charge in [0.2, 0.25) is 5.95 Å². The van der Waals surface area contributed by atoms with Gasteiger partial charge in [-0.1, -0.05) is 48.6 Å². The van der Waals surface area contributed by atoms with Gasteiger partial charge in [-0.05, 0) is 12.5 Å². The molecular formula is C21H22N6O2. The number of aromatic nitrogens is 4. The number of anilines is 1. The van der Waals surface area contributed by atoms with Gasteiger partial charge in [-0.3, -0.25) is 18.5 Å². The largest absolute Gasteiger partial charge is 0.332 e. The summed E-state index contributed by atoms with van der Waals surface area (Å²) in [6.07, 6.45) is 5.55. The average molecular weight is 390 g/mol. The molecule has 0 amide bonds. The number of hydrogen-bond donors (Lipinski definition) is 0. The van der Waals surface area contributed by atoms with Crippen LogP contribution in [0.5, 0.6) is 0 Å². The molecular weight excluding hydrogens is 368 g/mol. The Balaban J connectivity index is 1.80. The van der Waals surface area contributed by atoms with E-state index >= 15 is 0 Å². The van der Waals surface area contributed by atoms with E-state index in [0.29, 0.717) is 30.2 Å². The van der Waals surface area contributed by atoms with Gasteiger partial charge in [0, 0.05) is 13.6 Å². The third-order valence-electron chi connectivity index (χ3n) is 4.82. The van der Waals surface area contributed by atoms with E-state index in [0.717, 1.165) is 11.3 Å². The molecule has 0 radical (unpaired) electrons. The van der Waals surface area contributed by atoms with Crippen LogP contribution >= 0.6 is 0 Å². The van der Waals surface area contributed by atoms with Crippen molar-refractivity contribution in [2.75, 3.05) is 11.6 Å². The van der Waals surface area contributed by atoms with Gasteiger partial charge in [-0.2, -0.15) is 10.1 Å². The Morgan fingerprint density at radius 3 is 2.66 bits per heavy atom. The zero-order chi connectivity index (χ0) is 20.5. The fourth-order valence-electron chi connectivity index (χ4n) is 3.48. The number of allylic oxidation sites excluding steroid dienone is 1. The third kappa shape index (κ3) is 3.22. The maximum absolute atomic E-state index is 13.0. The minimum absolute atomic E-state index is 0.151. The topological polar surface area (TPSA) is 77.4 Å². The van der Waals surface area contributed by atoms with Gasteiger partial charge in [-0.15, -0.1) is 6.58 Å². The van der Waals surface area contributed by atoms with Crippen LogP contribution in [0.4, 0.5) is 5.95 Å². The first-order valence-electron chi connectivity index (χ1n) is 9.35. The lowest BCUT2D eigenvalue weighted by atomic mass is 10.2. The normalized spacial score (nSPS) is 13.7. The summed E-state index contributed by atoms with van der Waals surface area (Å²) in [6, 6.07) is 9.98. The van der Waals surface area contributed by atoms with Crippen molar-refractivity contribution in [3.8, 4) is 0 Å². The molecule has 3 heterocycles. The Labute approximate surface area is 167 Å². The quantitative estimate of drug-likeness (QED) is 0.625. The van der Waals surface area contributed by atoms with Crippen LogP contribution in [-0.4, -0.2) is 30.9 Å². The predicted molar refractivity (Wildman–Crippen MR) is 115 cm³/mol. The molecule has 1 aliphatic heterocycles. The fraction of sp³-hybridized carbons (Fsp3) is 0.238. The number of rotatable bonds is 5. The number of hydrazone groups is 1. The molecule has 8 heteroatoms. The van der Waals surface area contributed by atoms with Crippen molar-refractivity contribution in [2.45, 2.75) is 20.0 Å². The highest BCUT2D eigenvalue weighted by atomic mass is 16.2. The summed E-state index contributed by atoms with van der Waals surface area (Å²) in [5.41, 5.74) is 1.93. The molecule has 8 nitrogen and oxygen atoms in total. The second-order valence-electron chi connectivity index (χ2n) is 6.95. The molecule has 29 heavy (non-hydrogen) atoms. The summed E-state index contributed by atoms with van der Waals surface area (Å²) in [4.78, 5) is 30.2. The van der Waals surface area contributed by atoms with Crippen molar-refractivity contribution in [3.05, 3.63) is 75.5 Å². The Morgan fingerprint density at radius 2 is 1.93 bits per heavy atom. The number of benzene rings is 1. The van der Waals surface area contributed by atoms with Gasteiger partial charge in [0.25, 0.3) is 5.56 Å². The fourth-order valence-corrected chi connectivity index (χ4v) is 3.48. The first kappa shape index (κ1) is 18.7. The Kier molecular flexibility index (Phi) is 4.75. The number of fused-ring (bicyclic) bond motifs is 3. The van der Waals surface area contributed by atoms with E-state index in [4.69, 9.17) is 0 Å². The smallest absolute Gasteiger partial charge is 0.297 e. The maximum atomic E-state index is 13.0. The van der Waals surface area contributed by atoms with E-state index in [2.05, 4.69) is 16.7 Å². The molecule has 0 fully saturated rings. The molecule has 0 unspecified atom stereocenters. The standard InChI is InChI=1S/C21H22N6O2/c1-4-12-25-19(28)17-18(24(3)21(25)29)22-20-26(17)14-15(2)23-27(20)13-8-11-16-9-6-5-7-10-16/h4-11H,1,12-14H2,2-3H3. The monoisotopic (exact) mass is 390 g/mol. The van der Waals surface area contributed by atoms with Crippen LogP contribution in [0.25, 0.3) is 17.2 Å². The second-order valence-corrected chi connectivity index (χ2v) is 6.95. The van der Waals surface area contributed by atoms with E-state index < -0.39 is 5.69 Å². The highest BCUT2D eigenvalue weighted by molar-refractivity contribution is 5.87. The minimum atomic E-state index is -0.411. The van der Waals surface area contributed by atoms with Crippen molar-refractivity contribution < 1.29 is 0 Å². The van der Waals surface area contributed by atoms with E-state index in [1.165, 1.54) is 15.2 Å². The molecule has 148 valence electrons. The summed E-state index contributed by atoms with van der Waals surface area (Å²) in [7, 11) is 1.62. The number of imidazole rings is 1. The molecule has 0 saturated carbocycles. The van der Waals surface area contributed by atoms with Crippen LogP contribution < -0.4 is 16.3 Å². The number of nitrogens with zero attached hydrogens (tertiary/aromatic N) is 6. The summed E-state index contributed by atoms with van der Waals surface area (Å²) < 4.78 is 4.40. The van der Waals surface area contributed by atoms with Gasteiger partial charge in [0.1, 0.15) is 0 Å².